The molecule has 0 spiro atoms. The van der Waals surface area contributed by atoms with Crippen LogP contribution in [0.4, 0.5) is 11.4 Å². The zero-order valence-electron chi connectivity index (χ0n) is 13.7. The van der Waals surface area contributed by atoms with Gasteiger partial charge in [-0.2, -0.15) is 5.11 Å². The zero-order valence-corrected chi connectivity index (χ0v) is 14.5. The van der Waals surface area contributed by atoms with E-state index in [0.717, 1.165) is 6.07 Å². The molecule has 0 bridgehead atoms. The van der Waals surface area contributed by atoms with Gasteiger partial charge in [0.15, 0.2) is 5.03 Å². The van der Waals surface area contributed by atoms with Gasteiger partial charge in [0.05, 0.1) is 5.69 Å². The topological polar surface area (TPSA) is 129 Å². The lowest BCUT2D eigenvalue weighted by Gasteiger charge is -2.06. The van der Waals surface area contributed by atoms with Gasteiger partial charge in [-0.05, 0) is 42.5 Å². The van der Waals surface area contributed by atoms with Crippen molar-refractivity contribution in [1.29, 1.82) is 0 Å². The van der Waals surface area contributed by atoms with Crippen molar-refractivity contribution in [2.75, 3.05) is 0 Å². The first-order chi connectivity index (χ1) is 12.9. The minimum Gasteiger partial charge on any atom is -0.507 e. The summed E-state index contributed by atoms with van der Waals surface area (Å²) in [7, 11) is -3.90. The fourth-order valence-corrected chi connectivity index (χ4v) is 3.58. The minimum absolute atomic E-state index is 0.0769. The summed E-state index contributed by atoms with van der Waals surface area (Å²) in [6, 6.07) is 14.2. The van der Waals surface area contributed by atoms with Crippen LogP contribution >= 0.6 is 0 Å². The number of azo groups is 1. The van der Waals surface area contributed by atoms with E-state index in [1.54, 1.807) is 24.3 Å². The Labute approximate surface area is 154 Å². The third kappa shape index (κ3) is 3.82. The second-order valence-electron chi connectivity index (χ2n) is 5.35. The van der Waals surface area contributed by atoms with Crippen LogP contribution in [0.2, 0.25) is 0 Å². The van der Waals surface area contributed by atoms with Crippen LogP contribution in [0.5, 0.6) is 5.75 Å². The average Bonchev–Trinajstić information content (AvgIpc) is 2.68. The second-order valence-corrected chi connectivity index (χ2v) is 7.21. The number of carboxylic acids is 1. The van der Waals surface area contributed by atoms with Crippen molar-refractivity contribution in [3.05, 3.63) is 72.4 Å². The standard InChI is InChI=1S/C18H13N3O5S/c22-15-9-8-12(11-13(15)18(23)24)20-21-14-5-1-2-6-16(14)27(25,26)17-7-3-4-10-19-17/h1-11,22H,(H,23,24)/b21-20+. The minimum atomic E-state index is -3.90. The third-order valence-corrected chi connectivity index (χ3v) is 5.27. The summed E-state index contributed by atoms with van der Waals surface area (Å²) in [5.41, 5.74) is -0.107. The molecule has 1 aromatic heterocycles. The molecule has 0 aliphatic rings. The van der Waals surface area contributed by atoms with Gasteiger partial charge in [-0.1, -0.05) is 18.2 Å². The summed E-state index contributed by atoms with van der Waals surface area (Å²) in [5, 5.41) is 26.3. The van der Waals surface area contributed by atoms with Gasteiger partial charge in [0, 0.05) is 6.20 Å². The Bertz CT molecular complexity index is 1130. The number of sulfone groups is 1. The molecule has 0 saturated heterocycles. The van der Waals surface area contributed by atoms with Crippen LogP contribution in [-0.2, 0) is 9.84 Å². The molecule has 0 fully saturated rings. The quantitative estimate of drug-likeness (QED) is 0.646. The molecule has 27 heavy (non-hydrogen) atoms. The maximum atomic E-state index is 12.8. The SMILES string of the molecule is O=C(O)c1cc(/N=N/c2ccccc2S(=O)(=O)c2ccccn2)ccc1O. The van der Waals surface area contributed by atoms with Gasteiger partial charge in [-0.15, -0.1) is 5.11 Å². The van der Waals surface area contributed by atoms with E-state index >= 15 is 0 Å². The van der Waals surface area contributed by atoms with Gasteiger partial charge in [0.2, 0.25) is 9.84 Å². The Morgan fingerprint density at radius 1 is 0.963 bits per heavy atom. The first-order valence-corrected chi connectivity index (χ1v) is 9.11. The molecule has 9 heteroatoms. The van der Waals surface area contributed by atoms with Gasteiger partial charge in [-0.25, -0.2) is 18.2 Å². The number of aromatic nitrogens is 1. The van der Waals surface area contributed by atoms with Crippen molar-refractivity contribution in [3.8, 4) is 5.75 Å². The summed E-state index contributed by atoms with van der Waals surface area (Å²) >= 11 is 0. The van der Waals surface area contributed by atoms with Crippen LogP contribution in [0, 0.1) is 0 Å². The molecule has 3 rings (SSSR count). The van der Waals surface area contributed by atoms with E-state index < -0.39 is 21.6 Å². The van der Waals surface area contributed by atoms with E-state index in [2.05, 4.69) is 15.2 Å². The number of hydrogen-bond donors (Lipinski definition) is 2. The number of benzene rings is 2. The first kappa shape index (κ1) is 18.2. The van der Waals surface area contributed by atoms with E-state index in [0.29, 0.717) is 0 Å². The highest BCUT2D eigenvalue weighted by molar-refractivity contribution is 7.91. The van der Waals surface area contributed by atoms with E-state index in [1.165, 1.54) is 36.5 Å². The smallest absolute Gasteiger partial charge is 0.339 e. The average molecular weight is 383 g/mol. The monoisotopic (exact) mass is 383 g/mol. The number of carbonyl (C=O) groups is 1. The molecule has 1 heterocycles. The van der Waals surface area contributed by atoms with Gasteiger partial charge in [-0.3, -0.25) is 0 Å². The molecule has 0 atom stereocenters. The fraction of sp³-hybridized carbons (Fsp3) is 0. The molecule has 0 aliphatic carbocycles. The number of pyridine rings is 1. The molecule has 0 aliphatic heterocycles. The van der Waals surface area contributed by atoms with Crippen molar-refractivity contribution < 1.29 is 23.4 Å². The van der Waals surface area contributed by atoms with E-state index in [1.807, 2.05) is 0 Å². The summed E-state index contributed by atoms with van der Waals surface area (Å²) in [5.74, 6) is -1.72. The number of aromatic carboxylic acids is 1. The highest BCUT2D eigenvalue weighted by Gasteiger charge is 2.22. The van der Waals surface area contributed by atoms with Crippen molar-refractivity contribution in [1.82, 2.24) is 4.98 Å². The van der Waals surface area contributed by atoms with Crippen LogP contribution in [0.15, 0.2) is 87.0 Å². The van der Waals surface area contributed by atoms with Crippen LogP contribution in [0.25, 0.3) is 0 Å². The number of aromatic hydroxyl groups is 1. The Kier molecular flexibility index (Phi) is 4.95. The second kappa shape index (κ2) is 7.34. The lowest BCUT2D eigenvalue weighted by Crippen LogP contribution is -2.04. The lowest BCUT2D eigenvalue weighted by molar-refractivity contribution is 0.0693. The maximum Gasteiger partial charge on any atom is 0.339 e. The number of rotatable bonds is 5. The molecular formula is C18H13N3O5S. The number of nitrogens with zero attached hydrogens (tertiary/aromatic N) is 3. The number of hydrogen-bond acceptors (Lipinski definition) is 7. The number of carboxylic acid groups (broad SMARTS) is 1. The van der Waals surface area contributed by atoms with Gasteiger partial charge < -0.3 is 10.2 Å². The van der Waals surface area contributed by atoms with E-state index in [4.69, 9.17) is 5.11 Å². The molecule has 0 amide bonds. The predicted molar refractivity (Wildman–Crippen MR) is 95.4 cm³/mol. The molecule has 136 valence electrons. The lowest BCUT2D eigenvalue weighted by atomic mass is 10.2. The fourth-order valence-electron chi connectivity index (χ4n) is 2.25. The molecule has 3 aromatic rings. The van der Waals surface area contributed by atoms with Gasteiger partial charge in [0.25, 0.3) is 0 Å². The molecule has 2 aromatic carbocycles. The molecular weight excluding hydrogens is 370 g/mol. The molecule has 0 unspecified atom stereocenters. The van der Waals surface area contributed by atoms with Gasteiger partial charge >= 0.3 is 5.97 Å². The van der Waals surface area contributed by atoms with Crippen molar-refractivity contribution >= 4 is 27.2 Å². The summed E-state index contributed by atoms with van der Waals surface area (Å²) in [4.78, 5) is 14.9. The number of phenols is 1. The molecule has 0 saturated carbocycles. The van der Waals surface area contributed by atoms with Crippen molar-refractivity contribution in [2.24, 2.45) is 10.2 Å². The summed E-state index contributed by atoms with van der Waals surface area (Å²) < 4.78 is 25.6. The highest BCUT2D eigenvalue weighted by Crippen LogP contribution is 2.31. The molecule has 0 radical (unpaired) electrons. The zero-order chi connectivity index (χ0) is 19.4. The Morgan fingerprint density at radius 2 is 1.70 bits per heavy atom. The first-order valence-electron chi connectivity index (χ1n) is 7.63. The Hall–Kier alpha value is -3.59. The largest absolute Gasteiger partial charge is 0.507 e. The van der Waals surface area contributed by atoms with Crippen LogP contribution in [0.3, 0.4) is 0 Å². The van der Waals surface area contributed by atoms with E-state index in [9.17, 15) is 18.3 Å². The normalized spacial score (nSPS) is 11.6. The van der Waals surface area contributed by atoms with Crippen LogP contribution in [-0.4, -0.2) is 29.6 Å². The Morgan fingerprint density at radius 3 is 2.41 bits per heavy atom. The predicted octanol–water partition coefficient (Wildman–Crippen LogP) is 3.73. The molecule has 8 nitrogen and oxygen atoms in total. The summed E-state index contributed by atoms with van der Waals surface area (Å²) in [6.45, 7) is 0. The van der Waals surface area contributed by atoms with Crippen LogP contribution < -0.4 is 0 Å². The van der Waals surface area contributed by atoms with Gasteiger partial charge in [0.1, 0.15) is 21.9 Å². The van der Waals surface area contributed by atoms with Crippen molar-refractivity contribution in [3.63, 3.8) is 0 Å². The highest BCUT2D eigenvalue weighted by atomic mass is 32.2. The Balaban J connectivity index is 2.02. The van der Waals surface area contributed by atoms with Crippen molar-refractivity contribution in [2.45, 2.75) is 9.92 Å². The molecule has 2 N–H and O–H groups in total. The maximum absolute atomic E-state index is 12.8. The third-order valence-electron chi connectivity index (χ3n) is 3.55. The summed E-state index contributed by atoms with van der Waals surface area (Å²) in [6.07, 6.45) is 1.38. The van der Waals surface area contributed by atoms with Crippen LogP contribution in [0.1, 0.15) is 10.4 Å². The van der Waals surface area contributed by atoms with E-state index in [-0.39, 0.29) is 26.9 Å².